The van der Waals surface area contributed by atoms with E-state index < -0.39 is 0 Å². The number of likely N-dealkylation sites (N-methyl/N-ethyl adjacent to an activating group) is 1. The van der Waals surface area contributed by atoms with E-state index in [-0.39, 0.29) is 29.5 Å². The van der Waals surface area contributed by atoms with Gasteiger partial charge in [0.1, 0.15) is 12.0 Å². The van der Waals surface area contributed by atoms with Gasteiger partial charge < -0.3 is 20.0 Å². The molecule has 0 atom stereocenters. The predicted molar refractivity (Wildman–Crippen MR) is 118 cm³/mol. The summed E-state index contributed by atoms with van der Waals surface area (Å²) < 4.78 is 5.56. The molecule has 0 saturated carbocycles. The van der Waals surface area contributed by atoms with Crippen LogP contribution in [0, 0.1) is 0 Å². The highest BCUT2D eigenvalue weighted by Gasteiger charge is 2.20. The van der Waals surface area contributed by atoms with E-state index in [4.69, 9.17) is 4.42 Å². The van der Waals surface area contributed by atoms with Crippen molar-refractivity contribution in [1.82, 2.24) is 20.5 Å². The van der Waals surface area contributed by atoms with Crippen molar-refractivity contribution in [2.75, 3.05) is 27.2 Å². The number of guanidine groups is 1. The van der Waals surface area contributed by atoms with Gasteiger partial charge in [-0.25, -0.2) is 9.98 Å². The van der Waals surface area contributed by atoms with Gasteiger partial charge in [0, 0.05) is 24.2 Å². The second-order valence-electron chi connectivity index (χ2n) is 6.77. The summed E-state index contributed by atoms with van der Waals surface area (Å²) in [6.07, 6.45) is 1.67. The minimum atomic E-state index is 0. The maximum Gasteiger partial charge on any atom is 0.226 e. The molecule has 2 rings (SSSR count). The van der Waals surface area contributed by atoms with E-state index in [1.54, 1.807) is 6.26 Å². The number of hydrogen-bond acceptors (Lipinski definition) is 4. The van der Waals surface area contributed by atoms with Crippen LogP contribution in [0.2, 0.25) is 0 Å². The molecular weight excluding hydrogens is 441 g/mol. The maximum atomic E-state index is 5.56. The first-order chi connectivity index (χ1) is 11.9. The standard InChI is InChI=1S/C19H29N5O.HI/c1-6-20-18(22-14-19(2,3)24(4)5)21-12-16-13-25-17(23-16)15-10-8-7-9-11-15;/h7-11,13H,6,12,14H2,1-5H3,(H2,20,21,22);1H. The molecule has 1 heterocycles. The normalized spacial score (nSPS) is 12.0. The SMILES string of the molecule is CCNC(=NCc1coc(-c2ccccc2)n1)NCC(C)(C)N(C)C.I. The molecule has 0 aliphatic heterocycles. The van der Waals surface area contributed by atoms with Crippen LogP contribution in [0.5, 0.6) is 0 Å². The van der Waals surface area contributed by atoms with Crippen molar-refractivity contribution in [3.8, 4) is 11.5 Å². The lowest BCUT2D eigenvalue weighted by Crippen LogP contribution is -2.50. The zero-order valence-corrected chi connectivity index (χ0v) is 18.6. The molecule has 2 aromatic rings. The van der Waals surface area contributed by atoms with E-state index in [1.807, 2.05) is 30.3 Å². The van der Waals surface area contributed by atoms with Gasteiger partial charge in [-0.15, -0.1) is 24.0 Å². The van der Waals surface area contributed by atoms with Gasteiger partial charge in [0.05, 0.1) is 6.54 Å². The zero-order chi connectivity index (χ0) is 18.3. The number of oxazole rings is 1. The Hall–Kier alpha value is -1.61. The Morgan fingerprint density at radius 2 is 1.88 bits per heavy atom. The topological polar surface area (TPSA) is 65.7 Å². The van der Waals surface area contributed by atoms with Crippen LogP contribution in [0.4, 0.5) is 0 Å². The maximum absolute atomic E-state index is 5.56. The number of halogens is 1. The van der Waals surface area contributed by atoms with E-state index in [1.165, 1.54) is 0 Å². The van der Waals surface area contributed by atoms with Crippen molar-refractivity contribution in [2.45, 2.75) is 32.9 Å². The molecule has 2 N–H and O–H groups in total. The average molecular weight is 471 g/mol. The number of aliphatic imine (C=N–C) groups is 1. The third kappa shape index (κ3) is 6.60. The molecule has 144 valence electrons. The number of nitrogens with zero attached hydrogens (tertiary/aromatic N) is 3. The van der Waals surface area contributed by atoms with Crippen LogP contribution < -0.4 is 10.6 Å². The van der Waals surface area contributed by atoms with Gasteiger partial charge in [-0.3, -0.25) is 0 Å². The summed E-state index contributed by atoms with van der Waals surface area (Å²) in [6.45, 7) is 8.49. The Kier molecular flexibility index (Phi) is 9.07. The van der Waals surface area contributed by atoms with Gasteiger partial charge >= 0.3 is 0 Å². The predicted octanol–water partition coefficient (Wildman–Crippen LogP) is 3.35. The molecule has 0 aliphatic carbocycles. The largest absolute Gasteiger partial charge is 0.444 e. The van der Waals surface area contributed by atoms with E-state index >= 15 is 0 Å². The number of benzene rings is 1. The lowest BCUT2D eigenvalue weighted by Gasteiger charge is -2.33. The first-order valence-corrected chi connectivity index (χ1v) is 8.62. The molecule has 0 fully saturated rings. The molecule has 6 nitrogen and oxygen atoms in total. The monoisotopic (exact) mass is 471 g/mol. The van der Waals surface area contributed by atoms with Gasteiger partial charge in [-0.2, -0.15) is 0 Å². The first kappa shape index (κ1) is 22.4. The zero-order valence-electron chi connectivity index (χ0n) is 16.2. The summed E-state index contributed by atoms with van der Waals surface area (Å²) in [4.78, 5) is 11.3. The molecular formula is C19H30IN5O. The fourth-order valence-corrected chi connectivity index (χ4v) is 2.05. The van der Waals surface area contributed by atoms with Crippen molar-refractivity contribution < 1.29 is 4.42 Å². The van der Waals surface area contributed by atoms with Crippen LogP contribution in [0.15, 0.2) is 46.0 Å². The second-order valence-corrected chi connectivity index (χ2v) is 6.77. The molecule has 0 bridgehead atoms. The lowest BCUT2D eigenvalue weighted by molar-refractivity contribution is 0.197. The van der Waals surface area contributed by atoms with Crippen LogP contribution in [0.25, 0.3) is 11.5 Å². The van der Waals surface area contributed by atoms with E-state index in [0.29, 0.717) is 12.4 Å². The van der Waals surface area contributed by atoms with E-state index in [9.17, 15) is 0 Å². The average Bonchev–Trinajstić information content (AvgIpc) is 3.07. The molecule has 0 unspecified atom stereocenters. The minimum absolute atomic E-state index is 0. The highest BCUT2D eigenvalue weighted by molar-refractivity contribution is 14.0. The summed E-state index contributed by atoms with van der Waals surface area (Å²) in [6, 6.07) is 9.87. The summed E-state index contributed by atoms with van der Waals surface area (Å²) in [5, 5.41) is 6.65. The lowest BCUT2D eigenvalue weighted by atomic mass is 10.0. The third-order valence-electron chi connectivity index (χ3n) is 4.21. The van der Waals surface area contributed by atoms with Gasteiger partial charge in [0.2, 0.25) is 5.89 Å². The second kappa shape index (κ2) is 10.5. The molecule has 0 spiro atoms. The molecule has 0 amide bonds. The van der Waals surface area contributed by atoms with Crippen LogP contribution in [-0.4, -0.2) is 48.6 Å². The summed E-state index contributed by atoms with van der Waals surface area (Å²) in [5.41, 5.74) is 1.81. The highest BCUT2D eigenvalue weighted by Crippen LogP contribution is 2.18. The molecule has 1 aromatic heterocycles. The number of aromatic nitrogens is 1. The van der Waals surface area contributed by atoms with Gasteiger partial charge in [0.15, 0.2) is 5.96 Å². The Bertz CT molecular complexity index is 682. The van der Waals surface area contributed by atoms with Crippen molar-refractivity contribution in [1.29, 1.82) is 0 Å². The number of hydrogen-bond donors (Lipinski definition) is 2. The highest BCUT2D eigenvalue weighted by atomic mass is 127. The molecule has 0 radical (unpaired) electrons. The quantitative estimate of drug-likeness (QED) is 0.369. The van der Waals surface area contributed by atoms with Crippen LogP contribution in [0.3, 0.4) is 0 Å². The minimum Gasteiger partial charge on any atom is -0.444 e. The Morgan fingerprint density at radius 1 is 1.19 bits per heavy atom. The Labute approximate surface area is 173 Å². The van der Waals surface area contributed by atoms with E-state index in [0.717, 1.165) is 30.3 Å². The Balaban J connectivity index is 0.00000338. The fraction of sp³-hybridized carbons (Fsp3) is 0.474. The third-order valence-corrected chi connectivity index (χ3v) is 4.21. The summed E-state index contributed by atoms with van der Waals surface area (Å²) in [7, 11) is 4.15. The van der Waals surface area contributed by atoms with Gasteiger partial charge in [0.25, 0.3) is 0 Å². The summed E-state index contributed by atoms with van der Waals surface area (Å²) >= 11 is 0. The molecule has 1 aromatic carbocycles. The smallest absolute Gasteiger partial charge is 0.226 e. The molecule has 0 saturated heterocycles. The van der Waals surface area contributed by atoms with Crippen molar-refractivity contribution in [3.63, 3.8) is 0 Å². The Morgan fingerprint density at radius 3 is 2.50 bits per heavy atom. The number of nitrogens with one attached hydrogen (secondary N) is 2. The van der Waals surface area contributed by atoms with E-state index in [2.05, 4.69) is 60.4 Å². The van der Waals surface area contributed by atoms with Crippen molar-refractivity contribution in [2.24, 2.45) is 4.99 Å². The van der Waals surface area contributed by atoms with Crippen LogP contribution >= 0.6 is 24.0 Å². The molecule has 7 heteroatoms. The fourth-order valence-electron chi connectivity index (χ4n) is 2.05. The van der Waals surface area contributed by atoms with Crippen LogP contribution in [-0.2, 0) is 6.54 Å². The molecule has 0 aliphatic rings. The van der Waals surface area contributed by atoms with Gasteiger partial charge in [-0.1, -0.05) is 18.2 Å². The summed E-state index contributed by atoms with van der Waals surface area (Å²) in [5.74, 6) is 1.40. The van der Waals surface area contributed by atoms with Crippen LogP contribution in [0.1, 0.15) is 26.5 Å². The van der Waals surface area contributed by atoms with Gasteiger partial charge in [-0.05, 0) is 47.0 Å². The first-order valence-electron chi connectivity index (χ1n) is 8.62. The van der Waals surface area contributed by atoms with Crippen molar-refractivity contribution >= 4 is 29.9 Å². The molecule has 26 heavy (non-hydrogen) atoms. The number of rotatable bonds is 7. The van der Waals surface area contributed by atoms with Crippen molar-refractivity contribution in [3.05, 3.63) is 42.3 Å².